The Kier molecular flexibility index (Phi) is 3.00. The fourth-order valence-electron chi connectivity index (χ4n) is 2.11. The summed E-state index contributed by atoms with van der Waals surface area (Å²) in [6.07, 6.45) is 12.6. The predicted octanol–water partition coefficient (Wildman–Crippen LogP) is 0.890. The van der Waals surface area contributed by atoms with E-state index in [0.717, 1.165) is 0 Å². The molecule has 0 aliphatic heterocycles. The number of nitrogens with two attached hydrogens (primary N) is 2. The molecule has 0 amide bonds. The van der Waals surface area contributed by atoms with Gasteiger partial charge in [0.1, 0.15) is 11.2 Å². The van der Waals surface area contributed by atoms with Gasteiger partial charge in [-0.15, -0.1) is 0 Å². The van der Waals surface area contributed by atoms with Crippen molar-refractivity contribution in [2.24, 2.45) is 11.5 Å². The van der Waals surface area contributed by atoms with E-state index in [9.17, 15) is 0 Å². The summed E-state index contributed by atoms with van der Waals surface area (Å²) >= 11 is 0. The van der Waals surface area contributed by atoms with Gasteiger partial charge in [0.2, 0.25) is 0 Å². The molecule has 1 atom stereocenters. The van der Waals surface area contributed by atoms with Gasteiger partial charge in [0, 0.05) is 30.7 Å². The van der Waals surface area contributed by atoms with E-state index in [1.807, 2.05) is 18.2 Å². The van der Waals surface area contributed by atoms with Gasteiger partial charge in [-0.1, -0.05) is 12.2 Å². The molecule has 4 N–H and O–H groups in total. The Bertz CT molecular complexity index is 679. The van der Waals surface area contributed by atoms with Crippen LogP contribution >= 0.6 is 0 Å². The van der Waals surface area contributed by atoms with Crippen molar-refractivity contribution in [1.82, 2.24) is 19.9 Å². The van der Waals surface area contributed by atoms with Crippen molar-refractivity contribution in [1.29, 1.82) is 0 Å². The average molecular weight is 266 g/mol. The molecule has 2 aromatic heterocycles. The summed E-state index contributed by atoms with van der Waals surface area (Å²) < 4.78 is 0. The second-order valence-corrected chi connectivity index (χ2v) is 4.67. The predicted molar refractivity (Wildman–Crippen MR) is 75.0 cm³/mol. The van der Waals surface area contributed by atoms with Gasteiger partial charge in [-0.25, -0.2) is 9.97 Å². The maximum Gasteiger partial charge on any atom is 0.153 e. The van der Waals surface area contributed by atoms with Gasteiger partial charge in [-0.2, -0.15) is 0 Å². The fraction of sp³-hybridized carbons (Fsp3) is 0.143. The Morgan fingerprint density at radius 3 is 2.75 bits per heavy atom. The third-order valence-corrected chi connectivity index (χ3v) is 3.10. The molecule has 0 bridgehead atoms. The van der Waals surface area contributed by atoms with E-state index in [2.05, 4.69) is 19.9 Å². The second kappa shape index (κ2) is 4.82. The van der Waals surface area contributed by atoms with Gasteiger partial charge in [-0.05, 0) is 12.1 Å². The van der Waals surface area contributed by atoms with E-state index in [1.54, 1.807) is 30.9 Å². The molecule has 3 rings (SSSR count). The lowest BCUT2D eigenvalue weighted by atomic mass is 9.89. The van der Waals surface area contributed by atoms with Crippen molar-refractivity contribution < 1.29 is 0 Å². The molecule has 0 radical (unpaired) electrons. The number of hydrogen-bond acceptors (Lipinski definition) is 6. The zero-order valence-corrected chi connectivity index (χ0v) is 10.8. The normalized spacial score (nSPS) is 21.6. The zero-order valence-electron chi connectivity index (χ0n) is 10.8. The van der Waals surface area contributed by atoms with E-state index in [1.165, 1.54) is 0 Å². The van der Waals surface area contributed by atoms with Crippen LogP contribution in [0.25, 0.3) is 11.4 Å². The molecule has 0 aromatic carbocycles. The van der Waals surface area contributed by atoms with Crippen LogP contribution in [-0.2, 0) is 5.54 Å². The first-order valence-electron chi connectivity index (χ1n) is 6.20. The lowest BCUT2D eigenvalue weighted by Gasteiger charge is -2.26. The van der Waals surface area contributed by atoms with Crippen LogP contribution in [0.2, 0.25) is 0 Å². The van der Waals surface area contributed by atoms with Crippen molar-refractivity contribution in [2.45, 2.75) is 12.0 Å². The minimum atomic E-state index is -0.781. The minimum Gasteiger partial charge on any atom is -0.402 e. The molecule has 0 saturated carbocycles. The molecular formula is C14H14N6. The van der Waals surface area contributed by atoms with Crippen LogP contribution in [0.4, 0.5) is 0 Å². The van der Waals surface area contributed by atoms with Crippen molar-refractivity contribution in [3.8, 4) is 11.4 Å². The number of hydrogen-bond donors (Lipinski definition) is 2. The minimum absolute atomic E-state index is 0.493. The molecule has 0 fully saturated rings. The molecule has 2 heterocycles. The quantitative estimate of drug-likeness (QED) is 0.836. The Labute approximate surface area is 116 Å². The number of aromatic nitrogens is 4. The smallest absolute Gasteiger partial charge is 0.153 e. The van der Waals surface area contributed by atoms with Crippen molar-refractivity contribution >= 4 is 0 Å². The number of rotatable bonds is 2. The summed E-state index contributed by atoms with van der Waals surface area (Å²) in [7, 11) is 0. The van der Waals surface area contributed by atoms with Gasteiger partial charge in [0.05, 0.1) is 11.9 Å². The van der Waals surface area contributed by atoms with Crippen LogP contribution in [0.15, 0.2) is 54.8 Å². The van der Waals surface area contributed by atoms with Gasteiger partial charge >= 0.3 is 0 Å². The van der Waals surface area contributed by atoms with Crippen molar-refractivity contribution in [3.63, 3.8) is 0 Å². The van der Waals surface area contributed by atoms with Crippen LogP contribution < -0.4 is 11.5 Å². The third-order valence-electron chi connectivity index (χ3n) is 3.10. The van der Waals surface area contributed by atoms with E-state index in [4.69, 9.17) is 11.5 Å². The summed E-state index contributed by atoms with van der Waals surface area (Å²) in [5.74, 6) is 0.521. The highest BCUT2D eigenvalue weighted by Gasteiger charge is 2.30. The maximum atomic E-state index is 6.35. The summed E-state index contributed by atoms with van der Waals surface area (Å²) in [6.45, 7) is 0. The van der Waals surface area contributed by atoms with Crippen LogP contribution in [0.3, 0.4) is 0 Å². The van der Waals surface area contributed by atoms with Crippen LogP contribution in [0.1, 0.15) is 12.2 Å². The highest BCUT2D eigenvalue weighted by atomic mass is 15.0. The van der Waals surface area contributed by atoms with Crippen molar-refractivity contribution in [2.75, 3.05) is 0 Å². The van der Waals surface area contributed by atoms with Gasteiger partial charge in [-0.3, -0.25) is 9.97 Å². The molecule has 1 unspecified atom stereocenters. The van der Waals surface area contributed by atoms with E-state index >= 15 is 0 Å². The molecule has 100 valence electrons. The lowest BCUT2D eigenvalue weighted by Crippen LogP contribution is -2.39. The SMILES string of the molecule is NC1=CC=CC(N)(c2nccc(-c3cnccn3)n2)C1. The standard InChI is InChI=1S/C14H14N6/c15-10-2-1-4-14(16,8-10)13-19-5-3-11(20-13)12-9-17-6-7-18-12/h1-7,9H,8,15-16H2. The van der Waals surface area contributed by atoms with Crippen molar-refractivity contribution in [3.05, 3.63) is 60.6 Å². The Morgan fingerprint density at radius 2 is 2.00 bits per heavy atom. The van der Waals surface area contributed by atoms with E-state index < -0.39 is 5.54 Å². The first-order valence-corrected chi connectivity index (χ1v) is 6.20. The maximum absolute atomic E-state index is 6.35. The monoisotopic (exact) mass is 266 g/mol. The highest BCUT2D eigenvalue weighted by molar-refractivity contribution is 5.52. The number of allylic oxidation sites excluding steroid dienone is 2. The van der Waals surface area contributed by atoms with Gasteiger partial charge in [0.15, 0.2) is 5.82 Å². The van der Waals surface area contributed by atoms with E-state index in [-0.39, 0.29) is 0 Å². The topological polar surface area (TPSA) is 104 Å². The number of nitrogens with zero attached hydrogens (tertiary/aromatic N) is 4. The van der Waals surface area contributed by atoms with E-state index in [0.29, 0.717) is 29.3 Å². The molecule has 1 aliphatic carbocycles. The highest BCUT2D eigenvalue weighted by Crippen LogP contribution is 2.27. The Morgan fingerprint density at radius 1 is 1.10 bits per heavy atom. The first kappa shape index (κ1) is 12.4. The summed E-state index contributed by atoms with van der Waals surface area (Å²) in [4.78, 5) is 17.0. The molecule has 6 heteroatoms. The third kappa shape index (κ3) is 2.28. The average Bonchev–Trinajstić information content (AvgIpc) is 2.48. The summed E-state index contributed by atoms with van der Waals surface area (Å²) in [6, 6.07) is 1.78. The first-order chi connectivity index (χ1) is 9.67. The van der Waals surface area contributed by atoms with Crippen LogP contribution in [0.5, 0.6) is 0 Å². The molecule has 20 heavy (non-hydrogen) atoms. The molecule has 1 aliphatic rings. The largest absolute Gasteiger partial charge is 0.402 e. The van der Waals surface area contributed by atoms with Crippen LogP contribution in [0, 0.1) is 0 Å². The Hall–Kier alpha value is -2.60. The van der Waals surface area contributed by atoms with Gasteiger partial charge < -0.3 is 11.5 Å². The molecule has 2 aromatic rings. The fourth-order valence-corrected chi connectivity index (χ4v) is 2.11. The molecule has 0 saturated heterocycles. The second-order valence-electron chi connectivity index (χ2n) is 4.67. The molecule has 6 nitrogen and oxygen atoms in total. The van der Waals surface area contributed by atoms with Gasteiger partial charge in [0.25, 0.3) is 0 Å². The zero-order chi connectivity index (χ0) is 14.0. The summed E-state index contributed by atoms with van der Waals surface area (Å²) in [5.41, 5.74) is 13.5. The van der Waals surface area contributed by atoms with Crippen LogP contribution in [-0.4, -0.2) is 19.9 Å². The Balaban J connectivity index is 2.00. The molecule has 0 spiro atoms. The molecular weight excluding hydrogens is 252 g/mol. The lowest BCUT2D eigenvalue weighted by molar-refractivity contribution is 0.509. The summed E-state index contributed by atoms with van der Waals surface area (Å²) in [5, 5.41) is 0.